The third-order valence-corrected chi connectivity index (χ3v) is 3.15. The fraction of sp³-hybridized carbons (Fsp3) is 0.200. The van der Waals surface area contributed by atoms with Crippen molar-refractivity contribution >= 4 is 23.7 Å². The average molecular weight is 226 g/mol. The summed E-state index contributed by atoms with van der Waals surface area (Å²) in [4.78, 5) is 22.3. The summed E-state index contributed by atoms with van der Waals surface area (Å²) >= 11 is 0.808. The van der Waals surface area contributed by atoms with E-state index in [1.54, 1.807) is 30.3 Å². The van der Waals surface area contributed by atoms with Crippen LogP contribution in [0.25, 0.3) is 0 Å². The smallest absolute Gasteiger partial charge is 0.331 e. The minimum absolute atomic E-state index is 0.616. The molecule has 0 radical (unpaired) electrons. The SMILES string of the molecule is CC(Sc1ccccc1)(C(=O)O)C(=O)O. The topological polar surface area (TPSA) is 74.6 Å². The van der Waals surface area contributed by atoms with E-state index in [9.17, 15) is 9.59 Å². The maximum atomic E-state index is 10.9. The van der Waals surface area contributed by atoms with Crippen LogP contribution in [0, 0.1) is 0 Å². The first kappa shape index (κ1) is 11.6. The number of benzene rings is 1. The maximum Gasteiger partial charge on any atom is 0.331 e. The van der Waals surface area contributed by atoms with E-state index < -0.39 is 16.7 Å². The van der Waals surface area contributed by atoms with Crippen LogP contribution in [0.2, 0.25) is 0 Å². The zero-order valence-corrected chi connectivity index (χ0v) is 8.82. The molecule has 1 aromatic carbocycles. The Labute approximate surface area is 90.9 Å². The van der Waals surface area contributed by atoms with Crippen molar-refractivity contribution in [3.63, 3.8) is 0 Å². The lowest BCUT2D eigenvalue weighted by atomic mass is 10.2. The van der Waals surface area contributed by atoms with Gasteiger partial charge in [0.25, 0.3) is 0 Å². The molecule has 0 saturated carbocycles. The lowest BCUT2D eigenvalue weighted by molar-refractivity contribution is -0.150. The van der Waals surface area contributed by atoms with Crippen molar-refractivity contribution in [2.45, 2.75) is 16.6 Å². The summed E-state index contributed by atoms with van der Waals surface area (Å²) in [6.45, 7) is 1.18. The second-order valence-electron chi connectivity index (χ2n) is 3.06. The van der Waals surface area contributed by atoms with Crippen molar-refractivity contribution in [2.75, 3.05) is 0 Å². The molecular weight excluding hydrogens is 216 g/mol. The van der Waals surface area contributed by atoms with E-state index >= 15 is 0 Å². The van der Waals surface area contributed by atoms with Crippen molar-refractivity contribution < 1.29 is 19.8 Å². The van der Waals surface area contributed by atoms with Gasteiger partial charge in [-0.2, -0.15) is 0 Å². The van der Waals surface area contributed by atoms with Gasteiger partial charge in [0.15, 0.2) is 0 Å². The zero-order chi connectivity index (χ0) is 11.5. The lowest BCUT2D eigenvalue weighted by Crippen LogP contribution is -2.40. The van der Waals surface area contributed by atoms with Gasteiger partial charge in [-0.15, -0.1) is 0 Å². The Morgan fingerprint density at radius 3 is 2.00 bits per heavy atom. The molecule has 2 N–H and O–H groups in total. The minimum Gasteiger partial charge on any atom is -0.480 e. The summed E-state index contributed by atoms with van der Waals surface area (Å²) in [5.74, 6) is -2.72. The van der Waals surface area contributed by atoms with Gasteiger partial charge in [-0.1, -0.05) is 30.0 Å². The van der Waals surface area contributed by atoms with Crippen LogP contribution in [-0.2, 0) is 9.59 Å². The maximum absolute atomic E-state index is 10.9. The number of carboxylic acids is 2. The first-order chi connectivity index (χ1) is 6.97. The molecule has 80 valence electrons. The van der Waals surface area contributed by atoms with Crippen molar-refractivity contribution in [3.05, 3.63) is 30.3 Å². The van der Waals surface area contributed by atoms with Gasteiger partial charge < -0.3 is 10.2 Å². The van der Waals surface area contributed by atoms with Crippen LogP contribution in [-0.4, -0.2) is 26.9 Å². The summed E-state index contributed by atoms with van der Waals surface area (Å²) in [5, 5.41) is 17.7. The zero-order valence-electron chi connectivity index (χ0n) is 8.01. The van der Waals surface area contributed by atoms with E-state index in [0.29, 0.717) is 4.90 Å². The number of carboxylic acid groups (broad SMARTS) is 2. The summed E-state index contributed by atoms with van der Waals surface area (Å²) < 4.78 is -1.85. The van der Waals surface area contributed by atoms with Crippen LogP contribution in [0.5, 0.6) is 0 Å². The van der Waals surface area contributed by atoms with E-state index in [1.807, 2.05) is 0 Å². The highest BCUT2D eigenvalue weighted by atomic mass is 32.2. The fourth-order valence-electron chi connectivity index (χ4n) is 0.903. The molecule has 1 aromatic rings. The van der Waals surface area contributed by atoms with Crippen molar-refractivity contribution in [2.24, 2.45) is 0 Å². The van der Waals surface area contributed by atoms with E-state index in [1.165, 1.54) is 6.92 Å². The molecule has 0 spiro atoms. The van der Waals surface area contributed by atoms with Gasteiger partial charge in [-0.05, 0) is 19.1 Å². The third-order valence-electron chi connectivity index (χ3n) is 1.88. The van der Waals surface area contributed by atoms with Gasteiger partial charge in [0.1, 0.15) is 0 Å². The Kier molecular flexibility index (Phi) is 3.36. The Hall–Kier alpha value is -1.49. The molecule has 0 unspecified atom stereocenters. The van der Waals surface area contributed by atoms with Crippen LogP contribution in [0.15, 0.2) is 35.2 Å². The van der Waals surface area contributed by atoms with Gasteiger partial charge in [-0.25, -0.2) is 0 Å². The van der Waals surface area contributed by atoms with Crippen LogP contribution < -0.4 is 0 Å². The van der Waals surface area contributed by atoms with Gasteiger partial charge in [-0.3, -0.25) is 9.59 Å². The number of carbonyl (C=O) groups is 2. The normalized spacial score (nSPS) is 11.0. The molecule has 0 saturated heterocycles. The molecule has 0 bridgehead atoms. The van der Waals surface area contributed by atoms with Gasteiger partial charge in [0.2, 0.25) is 4.75 Å². The first-order valence-corrected chi connectivity index (χ1v) is 4.99. The molecule has 15 heavy (non-hydrogen) atoms. The Morgan fingerprint density at radius 1 is 1.13 bits per heavy atom. The molecule has 0 fully saturated rings. The molecule has 0 aliphatic rings. The number of hydrogen-bond acceptors (Lipinski definition) is 3. The van der Waals surface area contributed by atoms with Gasteiger partial charge in [0, 0.05) is 4.90 Å². The monoisotopic (exact) mass is 226 g/mol. The van der Waals surface area contributed by atoms with Crippen LogP contribution in [0.3, 0.4) is 0 Å². The van der Waals surface area contributed by atoms with Gasteiger partial charge >= 0.3 is 11.9 Å². The van der Waals surface area contributed by atoms with Gasteiger partial charge in [0.05, 0.1) is 0 Å². The van der Waals surface area contributed by atoms with E-state index in [0.717, 1.165) is 11.8 Å². The van der Waals surface area contributed by atoms with Crippen LogP contribution >= 0.6 is 11.8 Å². The molecule has 0 aliphatic carbocycles. The Morgan fingerprint density at radius 2 is 1.60 bits per heavy atom. The predicted molar refractivity (Wildman–Crippen MR) is 56.0 cm³/mol. The predicted octanol–water partition coefficient (Wildman–Crippen LogP) is 1.71. The standard InChI is InChI=1S/C10H10O4S/c1-10(8(11)12,9(13)14)15-7-5-3-2-4-6-7/h2-6H,1H3,(H,11,12)(H,13,14). The summed E-state index contributed by atoms with van der Waals surface area (Å²) in [5.41, 5.74) is 0. The second-order valence-corrected chi connectivity index (χ2v) is 4.55. The largest absolute Gasteiger partial charge is 0.480 e. The van der Waals surface area contributed by atoms with Crippen molar-refractivity contribution in [1.82, 2.24) is 0 Å². The Bertz CT molecular complexity index is 360. The van der Waals surface area contributed by atoms with Crippen LogP contribution in [0.4, 0.5) is 0 Å². The van der Waals surface area contributed by atoms with E-state index in [-0.39, 0.29) is 0 Å². The summed E-state index contributed by atoms with van der Waals surface area (Å²) in [7, 11) is 0. The molecule has 0 atom stereocenters. The molecule has 5 heteroatoms. The molecule has 4 nitrogen and oxygen atoms in total. The molecular formula is C10H10O4S. The quantitative estimate of drug-likeness (QED) is 0.603. The Balaban J connectivity index is 2.95. The summed E-state index contributed by atoms with van der Waals surface area (Å²) in [6, 6.07) is 8.59. The lowest BCUT2D eigenvalue weighted by Gasteiger charge is -2.18. The highest BCUT2D eigenvalue weighted by molar-refractivity contribution is 8.02. The summed E-state index contributed by atoms with van der Waals surface area (Å²) in [6.07, 6.45) is 0. The number of hydrogen-bond donors (Lipinski definition) is 2. The molecule has 0 heterocycles. The molecule has 1 rings (SSSR count). The van der Waals surface area contributed by atoms with E-state index in [2.05, 4.69) is 0 Å². The second kappa shape index (κ2) is 4.35. The van der Waals surface area contributed by atoms with E-state index in [4.69, 9.17) is 10.2 Å². The molecule has 0 amide bonds. The number of rotatable bonds is 4. The number of thioether (sulfide) groups is 1. The highest BCUT2D eigenvalue weighted by Crippen LogP contribution is 2.33. The van der Waals surface area contributed by atoms with Crippen LogP contribution in [0.1, 0.15) is 6.92 Å². The first-order valence-electron chi connectivity index (χ1n) is 4.17. The molecule has 0 aliphatic heterocycles. The average Bonchev–Trinajstić information content (AvgIpc) is 2.18. The fourth-order valence-corrected chi connectivity index (χ4v) is 1.84. The van der Waals surface area contributed by atoms with Crippen molar-refractivity contribution in [1.29, 1.82) is 0 Å². The van der Waals surface area contributed by atoms with Crippen molar-refractivity contribution in [3.8, 4) is 0 Å². The minimum atomic E-state index is -1.85. The highest BCUT2D eigenvalue weighted by Gasteiger charge is 2.42. The number of aliphatic carboxylic acids is 2. The third kappa shape index (κ3) is 2.50. The molecule has 0 aromatic heterocycles.